The van der Waals surface area contributed by atoms with Crippen molar-refractivity contribution < 1.29 is 14.3 Å². The maximum Gasteiger partial charge on any atom is 0.308 e. The molecule has 16 heavy (non-hydrogen) atoms. The number of ether oxygens (including phenoxy) is 2. The Morgan fingerprint density at radius 3 is 2.75 bits per heavy atom. The molecular weight excluding hydrogens is 204 g/mol. The Morgan fingerprint density at radius 2 is 2.06 bits per heavy atom. The quantitative estimate of drug-likeness (QED) is 0.517. The summed E-state index contributed by atoms with van der Waals surface area (Å²) in [5, 5.41) is 0. The van der Waals surface area contributed by atoms with Crippen LogP contribution in [-0.2, 0) is 14.3 Å². The number of rotatable bonds is 6. The van der Waals surface area contributed by atoms with E-state index in [1.807, 2.05) is 0 Å². The van der Waals surface area contributed by atoms with Crippen LogP contribution in [0.25, 0.3) is 0 Å². The van der Waals surface area contributed by atoms with Crippen LogP contribution in [0, 0.1) is 0 Å². The summed E-state index contributed by atoms with van der Waals surface area (Å²) in [5.41, 5.74) is 0. The van der Waals surface area contributed by atoms with Gasteiger partial charge in [-0.15, -0.1) is 0 Å². The first-order valence-electron chi connectivity index (χ1n) is 6.48. The lowest BCUT2D eigenvalue weighted by Crippen LogP contribution is -2.29. The van der Waals surface area contributed by atoms with Crippen LogP contribution < -0.4 is 0 Å². The molecule has 1 aliphatic heterocycles. The van der Waals surface area contributed by atoms with Gasteiger partial charge >= 0.3 is 5.97 Å². The molecule has 0 radical (unpaired) electrons. The zero-order valence-electron chi connectivity index (χ0n) is 10.5. The van der Waals surface area contributed by atoms with Crippen LogP contribution in [0.1, 0.15) is 58.3 Å². The minimum atomic E-state index is -0.154. The van der Waals surface area contributed by atoms with Crippen molar-refractivity contribution in [1.29, 1.82) is 0 Å². The zero-order chi connectivity index (χ0) is 11.8. The van der Waals surface area contributed by atoms with Gasteiger partial charge in [-0.2, -0.15) is 0 Å². The second-order valence-electron chi connectivity index (χ2n) is 4.59. The van der Waals surface area contributed by atoms with E-state index < -0.39 is 0 Å². The topological polar surface area (TPSA) is 35.5 Å². The Hall–Kier alpha value is -0.570. The molecule has 0 aromatic carbocycles. The van der Waals surface area contributed by atoms with E-state index in [0.717, 1.165) is 19.3 Å². The normalized spacial score (nSPS) is 25.4. The summed E-state index contributed by atoms with van der Waals surface area (Å²) in [4.78, 5) is 11.1. The third-order valence-electron chi connectivity index (χ3n) is 3.19. The predicted octanol–water partition coefficient (Wildman–Crippen LogP) is 3.07. The Bertz CT molecular complexity index is 203. The molecule has 1 rings (SSSR count). The van der Waals surface area contributed by atoms with Crippen molar-refractivity contribution in [2.45, 2.75) is 70.5 Å². The van der Waals surface area contributed by atoms with Gasteiger partial charge in [0.2, 0.25) is 0 Å². The van der Waals surface area contributed by atoms with Gasteiger partial charge in [-0.3, -0.25) is 4.79 Å². The summed E-state index contributed by atoms with van der Waals surface area (Å²) in [7, 11) is 1.43. The highest BCUT2D eigenvalue weighted by atomic mass is 16.5. The van der Waals surface area contributed by atoms with E-state index in [0.29, 0.717) is 12.5 Å². The van der Waals surface area contributed by atoms with Gasteiger partial charge in [0.1, 0.15) is 0 Å². The molecule has 94 valence electrons. The fourth-order valence-electron chi connectivity index (χ4n) is 2.24. The first-order valence-corrected chi connectivity index (χ1v) is 6.48. The molecule has 2 atom stereocenters. The smallest absolute Gasteiger partial charge is 0.308 e. The molecule has 1 saturated heterocycles. The highest BCUT2D eigenvalue weighted by Crippen LogP contribution is 2.24. The van der Waals surface area contributed by atoms with Gasteiger partial charge in [0.05, 0.1) is 25.7 Å². The molecule has 0 unspecified atom stereocenters. The minimum absolute atomic E-state index is 0.0906. The van der Waals surface area contributed by atoms with Crippen molar-refractivity contribution in [2.75, 3.05) is 7.11 Å². The lowest BCUT2D eigenvalue weighted by atomic mass is 9.98. The van der Waals surface area contributed by atoms with Gasteiger partial charge in [-0.25, -0.2) is 0 Å². The molecule has 0 amide bonds. The average Bonchev–Trinajstić information content (AvgIpc) is 2.30. The molecule has 3 heteroatoms. The lowest BCUT2D eigenvalue weighted by molar-refractivity contribution is -0.147. The third-order valence-corrected chi connectivity index (χ3v) is 3.19. The largest absolute Gasteiger partial charge is 0.469 e. The number of unbranched alkanes of at least 4 members (excludes halogenated alkanes) is 2. The Balaban J connectivity index is 2.21. The Labute approximate surface area is 98.5 Å². The summed E-state index contributed by atoms with van der Waals surface area (Å²) in [5.74, 6) is -0.154. The molecular formula is C13H24O3. The van der Waals surface area contributed by atoms with E-state index in [1.54, 1.807) is 0 Å². The van der Waals surface area contributed by atoms with Crippen molar-refractivity contribution in [1.82, 2.24) is 0 Å². The van der Waals surface area contributed by atoms with E-state index in [-0.39, 0.29) is 12.1 Å². The number of carbonyl (C=O) groups is 1. The highest BCUT2D eigenvalue weighted by Gasteiger charge is 2.24. The van der Waals surface area contributed by atoms with E-state index >= 15 is 0 Å². The van der Waals surface area contributed by atoms with Crippen LogP contribution in [0.4, 0.5) is 0 Å². The number of hydrogen-bond donors (Lipinski definition) is 0. The molecule has 0 bridgehead atoms. The van der Waals surface area contributed by atoms with Gasteiger partial charge in [-0.1, -0.05) is 26.2 Å². The number of esters is 1. The SMILES string of the molecule is CCCCC[C@@H]1CCC[C@H](CC(=O)OC)O1. The Kier molecular flexibility index (Phi) is 6.46. The van der Waals surface area contributed by atoms with Gasteiger partial charge in [0.15, 0.2) is 0 Å². The van der Waals surface area contributed by atoms with Gasteiger partial charge in [0, 0.05) is 0 Å². The lowest BCUT2D eigenvalue weighted by Gasteiger charge is -2.29. The van der Waals surface area contributed by atoms with Crippen LogP contribution in [0.3, 0.4) is 0 Å². The molecule has 1 aliphatic rings. The third kappa shape index (κ3) is 4.97. The van der Waals surface area contributed by atoms with Crippen molar-refractivity contribution in [3.63, 3.8) is 0 Å². The molecule has 1 heterocycles. The van der Waals surface area contributed by atoms with Gasteiger partial charge < -0.3 is 9.47 Å². The maximum absolute atomic E-state index is 11.1. The van der Waals surface area contributed by atoms with Crippen molar-refractivity contribution in [3.8, 4) is 0 Å². The number of hydrogen-bond acceptors (Lipinski definition) is 3. The molecule has 3 nitrogen and oxygen atoms in total. The standard InChI is InChI=1S/C13H24O3/c1-3-4-5-7-11-8-6-9-12(16-11)10-13(14)15-2/h11-12H,3-10H2,1-2H3/t11-,12-/m1/s1. The fraction of sp³-hybridized carbons (Fsp3) is 0.923. The van der Waals surface area contributed by atoms with Crippen LogP contribution in [0.5, 0.6) is 0 Å². The van der Waals surface area contributed by atoms with Gasteiger partial charge in [0.25, 0.3) is 0 Å². The number of carbonyl (C=O) groups excluding carboxylic acids is 1. The van der Waals surface area contributed by atoms with Crippen molar-refractivity contribution in [3.05, 3.63) is 0 Å². The van der Waals surface area contributed by atoms with Crippen LogP contribution >= 0.6 is 0 Å². The summed E-state index contributed by atoms with van der Waals surface area (Å²) in [6.07, 6.45) is 9.13. The molecule has 0 aromatic rings. The molecule has 0 N–H and O–H groups in total. The molecule has 1 fully saturated rings. The molecule has 0 aliphatic carbocycles. The highest BCUT2D eigenvalue weighted by molar-refractivity contribution is 5.69. The maximum atomic E-state index is 11.1. The summed E-state index contributed by atoms with van der Waals surface area (Å²) in [6.45, 7) is 2.21. The van der Waals surface area contributed by atoms with E-state index in [4.69, 9.17) is 4.74 Å². The average molecular weight is 228 g/mol. The number of methoxy groups -OCH3 is 1. The van der Waals surface area contributed by atoms with Crippen LogP contribution in [0.15, 0.2) is 0 Å². The molecule has 0 saturated carbocycles. The predicted molar refractivity (Wildman–Crippen MR) is 63.3 cm³/mol. The van der Waals surface area contributed by atoms with Crippen molar-refractivity contribution in [2.24, 2.45) is 0 Å². The van der Waals surface area contributed by atoms with Crippen LogP contribution in [0.2, 0.25) is 0 Å². The van der Waals surface area contributed by atoms with Crippen LogP contribution in [-0.4, -0.2) is 25.3 Å². The molecule has 0 spiro atoms. The molecule has 0 aromatic heterocycles. The van der Waals surface area contributed by atoms with E-state index in [9.17, 15) is 4.79 Å². The first kappa shape index (κ1) is 13.5. The second kappa shape index (κ2) is 7.66. The fourth-order valence-corrected chi connectivity index (χ4v) is 2.24. The summed E-state index contributed by atoms with van der Waals surface area (Å²) in [6, 6.07) is 0. The first-order chi connectivity index (χ1) is 7.76. The Morgan fingerprint density at radius 1 is 1.31 bits per heavy atom. The van der Waals surface area contributed by atoms with E-state index in [2.05, 4.69) is 11.7 Å². The van der Waals surface area contributed by atoms with Gasteiger partial charge in [-0.05, 0) is 25.7 Å². The summed E-state index contributed by atoms with van der Waals surface area (Å²) < 4.78 is 10.6. The monoisotopic (exact) mass is 228 g/mol. The second-order valence-corrected chi connectivity index (χ2v) is 4.59. The van der Waals surface area contributed by atoms with E-state index in [1.165, 1.54) is 32.8 Å². The van der Waals surface area contributed by atoms with Crippen molar-refractivity contribution >= 4 is 5.97 Å². The summed E-state index contributed by atoms with van der Waals surface area (Å²) >= 11 is 0. The zero-order valence-corrected chi connectivity index (χ0v) is 10.5. The minimum Gasteiger partial charge on any atom is -0.469 e.